The van der Waals surface area contributed by atoms with Crippen molar-refractivity contribution in [2.45, 2.75) is 50.9 Å². The van der Waals surface area contributed by atoms with E-state index in [1.165, 1.54) is 0 Å². The number of nitrogens with two attached hydrogens (primary N) is 1. The van der Waals surface area contributed by atoms with Crippen molar-refractivity contribution in [2.24, 2.45) is 5.73 Å². The molecule has 2 aromatic heterocycles. The monoisotopic (exact) mass is 432 g/mol. The van der Waals surface area contributed by atoms with Gasteiger partial charge in [0.1, 0.15) is 28.5 Å². The first kappa shape index (κ1) is 20.7. The van der Waals surface area contributed by atoms with E-state index < -0.39 is 0 Å². The molecular weight excluding hydrogens is 404 g/mol. The van der Waals surface area contributed by atoms with Gasteiger partial charge in [0.25, 0.3) is 5.56 Å². The predicted octanol–water partition coefficient (Wildman–Crippen LogP) is 2.22. The van der Waals surface area contributed by atoms with Crippen LogP contribution >= 0.6 is 0 Å². The van der Waals surface area contributed by atoms with Gasteiger partial charge in [-0.05, 0) is 31.2 Å². The summed E-state index contributed by atoms with van der Waals surface area (Å²) in [7, 11) is 0. The van der Waals surface area contributed by atoms with Crippen molar-refractivity contribution in [1.29, 1.82) is 5.26 Å². The number of nitrogens with zero attached hydrogens (tertiary/aromatic N) is 5. The van der Waals surface area contributed by atoms with Crippen molar-refractivity contribution in [3.63, 3.8) is 0 Å². The third-order valence-corrected chi connectivity index (χ3v) is 6.48. The lowest BCUT2D eigenvalue weighted by Gasteiger charge is -2.33. The summed E-state index contributed by atoms with van der Waals surface area (Å²) in [6.45, 7) is 3.16. The van der Waals surface area contributed by atoms with E-state index >= 15 is 0 Å². The second-order valence-corrected chi connectivity index (χ2v) is 8.76. The molecule has 2 atom stereocenters. The molecule has 2 aliphatic rings. The lowest BCUT2D eigenvalue weighted by atomic mass is 10.1. The number of hydrogen-bond donors (Lipinski definition) is 1. The zero-order valence-electron chi connectivity index (χ0n) is 18.1. The highest BCUT2D eigenvalue weighted by molar-refractivity contribution is 5.89. The van der Waals surface area contributed by atoms with Gasteiger partial charge in [-0.25, -0.2) is 4.98 Å². The third kappa shape index (κ3) is 3.78. The molecule has 0 bridgehead atoms. The molecule has 0 aliphatic carbocycles. The van der Waals surface area contributed by atoms with Gasteiger partial charge in [0.2, 0.25) is 0 Å². The Morgan fingerprint density at radius 3 is 2.78 bits per heavy atom. The van der Waals surface area contributed by atoms with Crippen molar-refractivity contribution >= 4 is 16.9 Å². The molecule has 1 aromatic carbocycles. The number of piperidine rings is 1. The van der Waals surface area contributed by atoms with Crippen LogP contribution in [0.5, 0.6) is 0 Å². The van der Waals surface area contributed by atoms with E-state index in [0.29, 0.717) is 36.2 Å². The van der Waals surface area contributed by atoms with Crippen LogP contribution in [0, 0.1) is 11.3 Å². The van der Waals surface area contributed by atoms with Crippen LogP contribution in [-0.2, 0) is 17.8 Å². The zero-order chi connectivity index (χ0) is 22.1. The number of anilines is 1. The van der Waals surface area contributed by atoms with Gasteiger partial charge in [0.05, 0.1) is 19.0 Å². The maximum atomic E-state index is 13.6. The molecule has 0 amide bonds. The van der Waals surface area contributed by atoms with Crippen LogP contribution in [0.2, 0.25) is 0 Å². The maximum Gasteiger partial charge on any atom is 0.278 e. The topological polar surface area (TPSA) is 102 Å². The third-order valence-electron chi connectivity index (χ3n) is 6.48. The van der Waals surface area contributed by atoms with E-state index in [1.54, 1.807) is 10.9 Å². The molecule has 0 saturated carbocycles. The van der Waals surface area contributed by atoms with Crippen molar-refractivity contribution in [3.05, 3.63) is 58.1 Å². The van der Waals surface area contributed by atoms with Crippen LogP contribution < -0.4 is 16.2 Å². The molecule has 2 fully saturated rings. The second kappa shape index (κ2) is 8.77. The number of benzene rings is 1. The summed E-state index contributed by atoms with van der Waals surface area (Å²) in [5.41, 5.74) is 8.58. The zero-order valence-corrected chi connectivity index (χ0v) is 18.1. The minimum Gasteiger partial charge on any atom is -0.376 e. The number of ether oxygens (including phenoxy) is 1. The molecule has 8 nitrogen and oxygen atoms in total. The highest BCUT2D eigenvalue weighted by Crippen LogP contribution is 2.32. The smallest absolute Gasteiger partial charge is 0.278 e. The van der Waals surface area contributed by atoms with Crippen molar-refractivity contribution in [3.8, 4) is 6.07 Å². The average molecular weight is 433 g/mol. The van der Waals surface area contributed by atoms with Crippen LogP contribution in [0.15, 0.2) is 41.5 Å². The van der Waals surface area contributed by atoms with Gasteiger partial charge >= 0.3 is 0 Å². The van der Waals surface area contributed by atoms with Gasteiger partial charge in [-0.2, -0.15) is 5.26 Å². The van der Waals surface area contributed by atoms with E-state index in [-0.39, 0.29) is 17.7 Å². The number of rotatable bonds is 5. The Bertz CT molecular complexity index is 1200. The van der Waals surface area contributed by atoms with Crippen LogP contribution in [0.3, 0.4) is 0 Å². The number of aromatic nitrogens is 3. The van der Waals surface area contributed by atoms with Gasteiger partial charge < -0.3 is 19.9 Å². The Morgan fingerprint density at radius 2 is 2.06 bits per heavy atom. The van der Waals surface area contributed by atoms with E-state index in [0.717, 1.165) is 50.2 Å². The molecule has 8 heteroatoms. The molecule has 2 N–H and O–H groups in total. The van der Waals surface area contributed by atoms with E-state index in [2.05, 4.69) is 16.0 Å². The van der Waals surface area contributed by atoms with Crippen LogP contribution in [0.4, 0.5) is 5.82 Å². The van der Waals surface area contributed by atoms with Crippen LogP contribution in [0.25, 0.3) is 11.0 Å². The molecule has 166 valence electrons. The molecule has 2 unspecified atom stereocenters. The van der Waals surface area contributed by atoms with Gasteiger partial charge in [-0.15, -0.1) is 0 Å². The minimum atomic E-state index is -0.134. The standard InChI is InChI=1S/C24H28N6O2/c25-12-20-21-22(24(31)29(16-27-21)15-19-9-5-11-32-19)30(13-17-6-2-1-3-7-17)23(20)28-10-4-8-18(26)14-28/h1-3,6-7,16,18-19H,4-5,8-11,13-15,26H2. The van der Waals surface area contributed by atoms with Crippen LogP contribution in [0.1, 0.15) is 36.8 Å². The predicted molar refractivity (Wildman–Crippen MR) is 123 cm³/mol. The van der Waals surface area contributed by atoms with E-state index in [1.807, 2.05) is 34.9 Å². The Hall–Kier alpha value is -3.15. The van der Waals surface area contributed by atoms with E-state index in [9.17, 15) is 10.1 Å². The lowest BCUT2D eigenvalue weighted by Crippen LogP contribution is -2.44. The first-order valence-corrected chi connectivity index (χ1v) is 11.3. The maximum absolute atomic E-state index is 13.6. The molecule has 0 spiro atoms. The summed E-state index contributed by atoms with van der Waals surface area (Å²) in [4.78, 5) is 20.4. The molecular formula is C24H28N6O2. The summed E-state index contributed by atoms with van der Waals surface area (Å²) < 4.78 is 9.34. The fraction of sp³-hybridized carbons (Fsp3) is 0.458. The lowest BCUT2D eigenvalue weighted by molar-refractivity contribution is 0.0960. The fourth-order valence-electron chi connectivity index (χ4n) is 4.94. The molecule has 0 radical (unpaired) electrons. The van der Waals surface area contributed by atoms with Crippen molar-refractivity contribution in [2.75, 3.05) is 24.6 Å². The highest BCUT2D eigenvalue weighted by atomic mass is 16.5. The van der Waals surface area contributed by atoms with E-state index in [4.69, 9.17) is 10.5 Å². The highest BCUT2D eigenvalue weighted by Gasteiger charge is 2.29. The molecule has 32 heavy (non-hydrogen) atoms. The molecule has 3 aromatic rings. The van der Waals surface area contributed by atoms with Crippen molar-refractivity contribution < 1.29 is 4.74 Å². The normalized spacial score (nSPS) is 21.2. The van der Waals surface area contributed by atoms with Gasteiger partial charge in [0.15, 0.2) is 0 Å². The van der Waals surface area contributed by atoms with Crippen molar-refractivity contribution in [1.82, 2.24) is 14.1 Å². The summed E-state index contributed by atoms with van der Waals surface area (Å²) >= 11 is 0. The summed E-state index contributed by atoms with van der Waals surface area (Å²) in [5, 5.41) is 10.1. The first-order chi connectivity index (χ1) is 15.7. The largest absolute Gasteiger partial charge is 0.376 e. The Balaban J connectivity index is 1.69. The average Bonchev–Trinajstić information content (AvgIpc) is 3.42. The number of hydrogen-bond acceptors (Lipinski definition) is 6. The molecule has 5 rings (SSSR count). The first-order valence-electron chi connectivity index (χ1n) is 11.3. The van der Waals surface area contributed by atoms with Gasteiger partial charge in [-0.1, -0.05) is 30.3 Å². The van der Waals surface area contributed by atoms with Gasteiger partial charge in [-0.3, -0.25) is 9.36 Å². The van der Waals surface area contributed by atoms with Crippen LogP contribution in [-0.4, -0.2) is 46.0 Å². The summed E-state index contributed by atoms with van der Waals surface area (Å²) in [5.74, 6) is 0.751. The number of fused-ring (bicyclic) bond motifs is 1. The number of nitriles is 1. The summed E-state index contributed by atoms with van der Waals surface area (Å²) in [6.07, 6.45) is 5.46. The van der Waals surface area contributed by atoms with Gasteiger partial charge in [0, 0.05) is 32.3 Å². The Labute approximate surface area is 186 Å². The second-order valence-electron chi connectivity index (χ2n) is 8.76. The molecule has 2 saturated heterocycles. The molecule has 4 heterocycles. The molecule has 2 aliphatic heterocycles. The Morgan fingerprint density at radius 1 is 1.22 bits per heavy atom. The fourth-order valence-corrected chi connectivity index (χ4v) is 4.94. The summed E-state index contributed by atoms with van der Waals surface area (Å²) in [6, 6.07) is 12.4. The Kier molecular flexibility index (Phi) is 5.68. The minimum absolute atomic E-state index is 0.0273. The quantitative estimate of drug-likeness (QED) is 0.663. The SMILES string of the molecule is N#Cc1c(N2CCCC(N)C2)n(Cc2ccccc2)c2c(=O)n(CC3CCCO3)cnc12.